The van der Waals surface area contributed by atoms with Crippen LogP contribution in [-0.2, 0) is 4.79 Å². The summed E-state index contributed by atoms with van der Waals surface area (Å²) in [7, 11) is 1.75. The molecule has 3 heterocycles. The van der Waals surface area contributed by atoms with Crippen molar-refractivity contribution in [2.45, 2.75) is 4.21 Å². The molecule has 2 aromatic heterocycles. The van der Waals surface area contributed by atoms with Crippen molar-refractivity contribution in [3.63, 3.8) is 0 Å². The number of aliphatic hydroxyl groups is 1. The van der Waals surface area contributed by atoms with E-state index < -0.39 is 0 Å². The lowest BCUT2D eigenvalue weighted by molar-refractivity contribution is -0.113. The Bertz CT molecular complexity index is 682. The molecule has 0 spiro atoms. The third-order valence-corrected chi connectivity index (χ3v) is 4.83. The minimum absolute atomic E-state index is 0.00377. The summed E-state index contributed by atoms with van der Waals surface area (Å²) in [6.07, 6.45) is 1.60. The monoisotopic (exact) mass is 305 g/mol. The minimum atomic E-state index is -0.381. The molecule has 0 aliphatic carbocycles. The highest BCUT2D eigenvalue weighted by atomic mass is 32.2. The van der Waals surface area contributed by atoms with Crippen molar-refractivity contribution in [1.29, 1.82) is 0 Å². The largest absolute Gasteiger partial charge is 0.505 e. The van der Waals surface area contributed by atoms with E-state index in [1.54, 1.807) is 35.7 Å². The zero-order chi connectivity index (χ0) is 14.1. The Hall–Kier alpha value is -1.99. The number of rotatable bonds is 2. The van der Waals surface area contributed by atoms with E-state index in [-0.39, 0.29) is 17.4 Å². The number of hydrogen-bond acceptors (Lipinski definition) is 6. The van der Waals surface area contributed by atoms with E-state index in [9.17, 15) is 9.90 Å². The van der Waals surface area contributed by atoms with Gasteiger partial charge in [-0.1, -0.05) is 6.07 Å². The predicted molar refractivity (Wildman–Crippen MR) is 80.4 cm³/mol. The Morgan fingerprint density at radius 1 is 1.40 bits per heavy atom. The summed E-state index contributed by atoms with van der Waals surface area (Å²) >= 11 is 2.96. The molecule has 0 atom stereocenters. The molecule has 1 amide bonds. The second-order valence-corrected chi connectivity index (χ2v) is 6.39. The molecule has 0 radical (unpaired) electrons. The van der Waals surface area contributed by atoms with Crippen LogP contribution in [0.4, 0.5) is 5.82 Å². The molecule has 0 unspecified atom stereocenters. The van der Waals surface area contributed by atoms with Crippen molar-refractivity contribution in [2.24, 2.45) is 0 Å². The van der Waals surface area contributed by atoms with Gasteiger partial charge in [-0.25, -0.2) is 4.98 Å². The van der Waals surface area contributed by atoms with Crippen LogP contribution < -0.4 is 5.32 Å². The number of anilines is 1. The summed E-state index contributed by atoms with van der Waals surface area (Å²) in [5.74, 6) is 0.0660. The van der Waals surface area contributed by atoms with Gasteiger partial charge >= 0.3 is 0 Å². The maximum atomic E-state index is 12.3. The molecule has 20 heavy (non-hydrogen) atoms. The summed E-state index contributed by atoms with van der Waals surface area (Å²) in [6, 6.07) is 7.06. The second kappa shape index (κ2) is 5.18. The van der Waals surface area contributed by atoms with Gasteiger partial charge in [-0.2, -0.15) is 0 Å². The zero-order valence-corrected chi connectivity index (χ0v) is 12.2. The molecule has 7 heteroatoms. The quantitative estimate of drug-likeness (QED) is 0.835. The van der Waals surface area contributed by atoms with Gasteiger partial charge in [-0.05, 0) is 35.5 Å². The van der Waals surface area contributed by atoms with E-state index in [0.717, 1.165) is 4.21 Å². The number of fused-ring (bicyclic) bond motifs is 1. The summed E-state index contributed by atoms with van der Waals surface area (Å²) in [5, 5.41) is 14.8. The number of amides is 1. The molecule has 1 aliphatic rings. The lowest BCUT2D eigenvalue weighted by atomic mass is 10.2. The SMILES string of the molecule is CN1Sc2sccc2C(O)=C1C(=O)Nc1ccccn1. The van der Waals surface area contributed by atoms with Crippen LogP contribution in [0.25, 0.3) is 5.76 Å². The number of carbonyl (C=O) groups is 1. The fourth-order valence-corrected chi connectivity index (χ4v) is 3.92. The minimum Gasteiger partial charge on any atom is -0.505 e. The van der Waals surface area contributed by atoms with E-state index >= 15 is 0 Å². The normalized spacial score (nSPS) is 14.2. The van der Waals surface area contributed by atoms with Crippen LogP contribution in [0.3, 0.4) is 0 Å². The average molecular weight is 305 g/mol. The lowest BCUT2D eigenvalue weighted by Gasteiger charge is -2.25. The number of nitrogens with zero attached hydrogens (tertiary/aromatic N) is 2. The van der Waals surface area contributed by atoms with Crippen LogP contribution in [0.1, 0.15) is 5.56 Å². The van der Waals surface area contributed by atoms with Crippen molar-refractivity contribution in [3.8, 4) is 0 Å². The maximum Gasteiger partial charge on any atom is 0.277 e. The van der Waals surface area contributed by atoms with Crippen LogP contribution in [0.2, 0.25) is 0 Å². The van der Waals surface area contributed by atoms with Crippen molar-refractivity contribution in [1.82, 2.24) is 9.29 Å². The van der Waals surface area contributed by atoms with Gasteiger partial charge in [0.25, 0.3) is 5.91 Å². The van der Waals surface area contributed by atoms with Crippen molar-refractivity contribution in [3.05, 3.63) is 47.1 Å². The van der Waals surface area contributed by atoms with Gasteiger partial charge in [0.1, 0.15) is 5.82 Å². The first kappa shape index (κ1) is 13.0. The molecule has 2 aromatic rings. The summed E-state index contributed by atoms with van der Waals surface area (Å²) in [5.41, 5.74) is 0.927. The second-order valence-electron chi connectivity index (χ2n) is 4.08. The first-order valence-electron chi connectivity index (χ1n) is 5.82. The topological polar surface area (TPSA) is 65.5 Å². The van der Waals surface area contributed by atoms with Gasteiger partial charge < -0.3 is 14.7 Å². The first-order chi connectivity index (χ1) is 9.66. The summed E-state index contributed by atoms with van der Waals surface area (Å²) < 4.78 is 2.63. The van der Waals surface area contributed by atoms with Crippen LogP contribution >= 0.6 is 23.3 Å². The van der Waals surface area contributed by atoms with Crippen LogP contribution in [0.15, 0.2) is 45.7 Å². The number of likely N-dealkylation sites (N-methyl/N-ethyl adjacent to an activating group) is 1. The standard InChI is InChI=1S/C13H11N3O2S2/c1-16-10(11(17)8-5-7-19-13(8)20-16)12(18)15-9-4-2-3-6-14-9/h2-7,17H,1H3,(H,14,15,18). The van der Waals surface area contributed by atoms with Gasteiger partial charge in [-0.15, -0.1) is 11.3 Å². The van der Waals surface area contributed by atoms with E-state index in [1.165, 1.54) is 23.3 Å². The number of pyridine rings is 1. The molecular weight excluding hydrogens is 294 g/mol. The molecular formula is C13H11N3O2S2. The van der Waals surface area contributed by atoms with Gasteiger partial charge in [0.15, 0.2) is 11.5 Å². The number of hydrogen-bond donors (Lipinski definition) is 2. The number of nitrogens with one attached hydrogen (secondary N) is 1. The molecule has 0 bridgehead atoms. The third kappa shape index (κ3) is 2.25. The highest BCUT2D eigenvalue weighted by Crippen LogP contribution is 2.42. The molecule has 0 aromatic carbocycles. The third-order valence-electron chi connectivity index (χ3n) is 2.77. The fourth-order valence-electron chi connectivity index (χ4n) is 1.85. The Labute approximate surface area is 124 Å². The molecule has 0 saturated carbocycles. The molecule has 5 nitrogen and oxygen atoms in total. The Kier molecular flexibility index (Phi) is 3.37. The molecule has 0 fully saturated rings. The number of carbonyl (C=O) groups excluding carboxylic acids is 1. The van der Waals surface area contributed by atoms with Crippen molar-refractivity contribution >= 4 is 40.8 Å². The highest BCUT2D eigenvalue weighted by Gasteiger charge is 2.29. The number of aliphatic hydroxyl groups excluding tert-OH is 1. The van der Waals surface area contributed by atoms with E-state index in [2.05, 4.69) is 10.3 Å². The first-order valence-corrected chi connectivity index (χ1v) is 7.47. The van der Waals surface area contributed by atoms with Crippen LogP contribution in [0, 0.1) is 0 Å². The lowest BCUT2D eigenvalue weighted by Crippen LogP contribution is -2.27. The Morgan fingerprint density at radius 3 is 3.00 bits per heavy atom. The van der Waals surface area contributed by atoms with Crippen molar-refractivity contribution < 1.29 is 9.90 Å². The molecule has 2 N–H and O–H groups in total. The van der Waals surface area contributed by atoms with Gasteiger partial charge in [0, 0.05) is 18.8 Å². The Balaban J connectivity index is 1.93. The van der Waals surface area contributed by atoms with Gasteiger partial charge in [0.05, 0.1) is 4.21 Å². The smallest absolute Gasteiger partial charge is 0.277 e. The zero-order valence-electron chi connectivity index (χ0n) is 10.5. The summed E-state index contributed by atoms with van der Waals surface area (Å²) in [4.78, 5) is 16.3. The van der Waals surface area contributed by atoms with E-state index in [1.807, 2.05) is 11.4 Å². The highest BCUT2D eigenvalue weighted by molar-refractivity contribution is 7.99. The van der Waals surface area contributed by atoms with Crippen molar-refractivity contribution in [2.75, 3.05) is 12.4 Å². The maximum absolute atomic E-state index is 12.3. The molecule has 1 aliphatic heterocycles. The van der Waals surface area contributed by atoms with Crippen LogP contribution in [0.5, 0.6) is 0 Å². The summed E-state index contributed by atoms with van der Waals surface area (Å²) in [6.45, 7) is 0. The van der Waals surface area contributed by atoms with Gasteiger partial charge in [0.2, 0.25) is 0 Å². The molecule has 3 rings (SSSR count). The predicted octanol–water partition coefficient (Wildman–Crippen LogP) is 2.96. The van der Waals surface area contributed by atoms with Crippen LogP contribution in [-0.4, -0.2) is 27.4 Å². The fraction of sp³-hybridized carbons (Fsp3) is 0.0769. The molecule has 102 valence electrons. The number of thiophene rings is 1. The Morgan fingerprint density at radius 2 is 2.25 bits per heavy atom. The average Bonchev–Trinajstić information content (AvgIpc) is 2.88. The van der Waals surface area contributed by atoms with Gasteiger partial charge in [-0.3, -0.25) is 4.79 Å². The van der Waals surface area contributed by atoms with E-state index in [0.29, 0.717) is 11.4 Å². The van der Waals surface area contributed by atoms with E-state index in [4.69, 9.17) is 0 Å². The molecule has 0 saturated heterocycles. The number of aromatic nitrogens is 1.